The average molecular weight is 694 g/mol. The fourth-order valence-electron chi connectivity index (χ4n) is 6.02. The van der Waals surface area contributed by atoms with Crippen LogP contribution in [0.15, 0.2) is 81.5 Å². The summed E-state index contributed by atoms with van der Waals surface area (Å²) in [6.45, 7) is 5.68. The fourth-order valence-corrected chi connectivity index (χ4v) is 10.1. The Balaban J connectivity index is 1.42. The van der Waals surface area contributed by atoms with Crippen LogP contribution in [-0.4, -0.2) is 47.2 Å². The molecule has 0 radical (unpaired) electrons. The number of fused-ring (bicyclic) bond motifs is 1. The van der Waals surface area contributed by atoms with E-state index in [1.807, 2.05) is 36.4 Å². The van der Waals surface area contributed by atoms with E-state index in [2.05, 4.69) is 31.0 Å². The van der Waals surface area contributed by atoms with Gasteiger partial charge in [-0.15, -0.1) is 11.3 Å². The molecular formula is C38H47NO5S3. The van der Waals surface area contributed by atoms with E-state index in [9.17, 15) is 16.8 Å². The Morgan fingerprint density at radius 1 is 0.766 bits per heavy atom. The van der Waals surface area contributed by atoms with E-state index >= 15 is 0 Å². The van der Waals surface area contributed by atoms with Crippen molar-refractivity contribution in [3.8, 4) is 16.2 Å². The molecule has 0 amide bonds. The van der Waals surface area contributed by atoms with Crippen LogP contribution < -0.4 is 4.74 Å². The van der Waals surface area contributed by atoms with E-state index in [-0.39, 0.29) is 11.5 Å². The minimum absolute atomic E-state index is 0.147. The lowest BCUT2D eigenvalue weighted by molar-refractivity contribution is 0.328. The number of sulfone groups is 2. The fraction of sp³-hybridized carbons (Fsp3) is 0.447. The van der Waals surface area contributed by atoms with Gasteiger partial charge in [0.2, 0.25) is 0 Å². The summed E-state index contributed by atoms with van der Waals surface area (Å²) < 4.78 is 59.1. The van der Waals surface area contributed by atoms with Crippen LogP contribution >= 0.6 is 11.3 Å². The third-order valence-electron chi connectivity index (χ3n) is 8.80. The first-order chi connectivity index (χ1) is 22.7. The summed E-state index contributed by atoms with van der Waals surface area (Å²) >= 11 is 1.56. The van der Waals surface area contributed by atoms with Crippen LogP contribution in [0.2, 0.25) is 0 Å². The molecule has 47 heavy (non-hydrogen) atoms. The second-order valence-corrected chi connectivity index (χ2v) is 17.7. The molecule has 3 aromatic carbocycles. The summed E-state index contributed by atoms with van der Waals surface area (Å²) in [6.07, 6.45) is 9.99. The number of benzene rings is 3. The number of nitrogens with zero attached hydrogens (tertiary/aromatic N) is 1. The zero-order valence-corrected chi connectivity index (χ0v) is 30.1. The summed E-state index contributed by atoms with van der Waals surface area (Å²) in [7, 11) is -6.73. The maximum Gasteiger partial charge on any atom is 0.178 e. The highest BCUT2D eigenvalue weighted by Gasteiger charge is 2.20. The molecule has 1 aliphatic rings. The monoisotopic (exact) mass is 693 g/mol. The Kier molecular flexibility index (Phi) is 12.3. The van der Waals surface area contributed by atoms with Gasteiger partial charge in [0.05, 0.1) is 27.9 Å². The van der Waals surface area contributed by atoms with Crippen molar-refractivity contribution in [1.29, 1.82) is 0 Å². The van der Waals surface area contributed by atoms with Gasteiger partial charge >= 0.3 is 0 Å². The van der Waals surface area contributed by atoms with Crippen molar-refractivity contribution in [2.75, 3.05) is 24.7 Å². The Bertz CT molecular complexity index is 1870. The molecule has 0 fully saturated rings. The van der Waals surface area contributed by atoms with Gasteiger partial charge in [0.25, 0.3) is 0 Å². The zero-order chi connectivity index (χ0) is 33.3. The molecule has 0 N–H and O–H groups in total. The number of ether oxygens (including phenoxy) is 1. The summed E-state index contributed by atoms with van der Waals surface area (Å²) in [4.78, 5) is 6.33. The van der Waals surface area contributed by atoms with Crippen LogP contribution in [0.3, 0.4) is 0 Å². The smallest absolute Gasteiger partial charge is 0.178 e. The van der Waals surface area contributed by atoms with Crippen LogP contribution in [-0.2, 0) is 26.1 Å². The molecule has 9 heteroatoms. The van der Waals surface area contributed by atoms with Crippen molar-refractivity contribution in [2.45, 2.75) is 94.3 Å². The van der Waals surface area contributed by atoms with Crippen LogP contribution in [0.4, 0.5) is 0 Å². The van der Waals surface area contributed by atoms with Gasteiger partial charge < -0.3 is 4.74 Å². The topological polar surface area (TPSA) is 89.9 Å². The average Bonchev–Trinajstić information content (AvgIpc) is 3.43. The predicted octanol–water partition coefficient (Wildman–Crippen LogP) is 9.48. The summed E-state index contributed by atoms with van der Waals surface area (Å²) in [5.74, 6) is 1.13. The maximum absolute atomic E-state index is 13.2. The first kappa shape index (κ1) is 35.3. The van der Waals surface area contributed by atoms with Crippen LogP contribution in [0.1, 0.15) is 89.2 Å². The van der Waals surface area contributed by atoms with E-state index in [0.29, 0.717) is 35.7 Å². The van der Waals surface area contributed by atoms with E-state index in [0.717, 1.165) is 82.5 Å². The van der Waals surface area contributed by atoms with Gasteiger partial charge in [-0.2, -0.15) is 0 Å². The largest absolute Gasteiger partial charge is 0.493 e. The quantitative estimate of drug-likeness (QED) is 0.103. The molecule has 1 aliphatic heterocycles. The highest BCUT2D eigenvalue weighted by atomic mass is 32.2. The highest BCUT2D eigenvalue weighted by molar-refractivity contribution is 7.91. The highest BCUT2D eigenvalue weighted by Crippen LogP contribution is 2.41. The molecule has 5 rings (SSSR count). The molecule has 0 unspecified atom stereocenters. The Morgan fingerprint density at radius 3 is 2.06 bits per heavy atom. The molecule has 0 saturated heterocycles. The first-order valence-corrected chi connectivity index (χ1v) is 21.2. The Hall–Kier alpha value is -3.01. The van der Waals surface area contributed by atoms with E-state index in [1.165, 1.54) is 18.6 Å². The molecular weight excluding hydrogens is 647 g/mol. The number of thiophene rings is 1. The van der Waals surface area contributed by atoms with Crippen molar-refractivity contribution >= 4 is 46.8 Å². The van der Waals surface area contributed by atoms with Crippen molar-refractivity contribution in [3.05, 3.63) is 77.9 Å². The standard InChI is InChI=1S/C38H47NO5S3/c1-3-5-9-25-46(40,41)33-18-14-30(15-19-33)38-36(35-21-20-34(28-37(35)45-38)47(42,43)26-10-6-4-2)27-29-12-16-32(17-13-29)44-24-22-31-11-7-8-23-39-31/h12-21,28H,3-11,22-27H2,1-2H3. The number of aliphatic imine (C=N–C) groups is 1. The lowest BCUT2D eigenvalue weighted by atomic mass is 9.99. The molecule has 1 aromatic heterocycles. The van der Waals surface area contributed by atoms with Gasteiger partial charge in [-0.25, -0.2) is 16.8 Å². The van der Waals surface area contributed by atoms with Gasteiger partial charge in [0, 0.05) is 28.3 Å². The normalized spacial score (nSPS) is 14.0. The minimum atomic E-state index is -3.38. The van der Waals surface area contributed by atoms with E-state index < -0.39 is 19.7 Å². The predicted molar refractivity (Wildman–Crippen MR) is 196 cm³/mol. The number of unbranched alkanes of at least 4 members (excludes halogenated alkanes) is 4. The molecule has 2 heterocycles. The molecule has 6 nitrogen and oxygen atoms in total. The molecule has 4 aromatic rings. The van der Waals surface area contributed by atoms with Gasteiger partial charge in [-0.1, -0.05) is 69.9 Å². The summed E-state index contributed by atoms with van der Waals surface area (Å²) in [5, 5.41) is 1.02. The molecule has 0 bridgehead atoms. The lowest BCUT2D eigenvalue weighted by Gasteiger charge is -2.12. The van der Waals surface area contributed by atoms with E-state index in [4.69, 9.17) is 4.74 Å². The minimum Gasteiger partial charge on any atom is -0.493 e. The SMILES string of the molecule is CCCCCS(=O)(=O)c1ccc(-c2sc3cc(S(=O)(=O)CCCCC)ccc3c2Cc2ccc(OCCC3=NCCCC3)cc2)cc1. The van der Waals surface area contributed by atoms with Crippen molar-refractivity contribution in [1.82, 2.24) is 0 Å². The van der Waals surface area contributed by atoms with Gasteiger partial charge in [-0.05, 0) is 97.0 Å². The van der Waals surface area contributed by atoms with Crippen LogP contribution in [0, 0.1) is 0 Å². The second-order valence-electron chi connectivity index (χ2n) is 12.5. The van der Waals surface area contributed by atoms with Gasteiger partial charge in [0.15, 0.2) is 19.7 Å². The number of hydrogen-bond acceptors (Lipinski definition) is 7. The first-order valence-electron chi connectivity index (χ1n) is 17.1. The molecule has 252 valence electrons. The number of rotatable bonds is 17. The Morgan fingerprint density at radius 2 is 1.43 bits per heavy atom. The third kappa shape index (κ3) is 9.33. The molecule has 0 aliphatic carbocycles. The number of hydrogen-bond donors (Lipinski definition) is 0. The summed E-state index contributed by atoms with van der Waals surface area (Å²) in [5.41, 5.74) is 4.39. The molecule has 0 atom stereocenters. The second kappa shape index (κ2) is 16.4. The molecule has 0 spiro atoms. The molecule has 0 saturated carbocycles. The van der Waals surface area contributed by atoms with Crippen molar-refractivity contribution in [3.63, 3.8) is 0 Å². The van der Waals surface area contributed by atoms with Gasteiger partial charge in [0.1, 0.15) is 5.75 Å². The van der Waals surface area contributed by atoms with Crippen LogP contribution in [0.25, 0.3) is 20.5 Å². The summed E-state index contributed by atoms with van der Waals surface area (Å²) in [6, 6.07) is 20.9. The Labute approximate surface area is 285 Å². The van der Waals surface area contributed by atoms with Crippen molar-refractivity contribution in [2.24, 2.45) is 4.99 Å². The third-order valence-corrected chi connectivity index (χ3v) is 13.7. The maximum atomic E-state index is 13.2. The van der Waals surface area contributed by atoms with Crippen molar-refractivity contribution < 1.29 is 21.6 Å². The zero-order valence-electron chi connectivity index (χ0n) is 27.7. The van der Waals surface area contributed by atoms with Gasteiger partial charge in [-0.3, -0.25) is 4.99 Å². The van der Waals surface area contributed by atoms with Crippen LogP contribution in [0.5, 0.6) is 5.75 Å². The van der Waals surface area contributed by atoms with E-state index in [1.54, 1.807) is 29.5 Å². The lowest BCUT2D eigenvalue weighted by Crippen LogP contribution is -2.10.